The maximum Gasteiger partial charge on any atom is 0.257 e. The van der Waals surface area contributed by atoms with Gasteiger partial charge in [-0.3, -0.25) is 19.0 Å². The summed E-state index contributed by atoms with van der Waals surface area (Å²) in [5, 5.41) is 0.713. The standard InChI is InChI=1S/C25H34N4O3S/c1-17-7-9-19(10-8-17)16-21-18(2)27-25(28(3)24(21)32)33-15-5-4-6-22(30)29-13-11-20(12-14-29)23(26)31/h7-10,20H,4-6,11-16H2,1-3H3,(H2,26,31). The molecule has 0 bridgehead atoms. The molecule has 0 unspecified atom stereocenters. The van der Waals surface area contributed by atoms with E-state index in [-0.39, 0.29) is 23.3 Å². The number of primary amides is 1. The van der Waals surface area contributed by atoms with Crippen LogP contribution in [0, 0.1) is 19.8 Å². The summed E-state index contributed by atoms with van der Waals surface area (Å²) in [5.41, 5.74) is 9.16. The maximum atomic E-state index is 12.9. The predicted octanol–water partition coefficient (Wildman–Crippen LogP) is 2.97. The summed E-state index contributed by atoms with van der Waals surface area (Å²) in [6.07, 6.45) is 4.07. The van der Waals surface area contributed by atoms with Crippen LogP contribution in [0.15, 0.2) is 34.2 Å². The van der Waals surface area contributed by atoms with Crippen LogP contribution in [0.2, 0.25) is 0 Å². The Kier molecular flexibility index (Phi) is 8.72. The molecule has 1 aliphatic heterocycles. The van der Waals surface area contributed by atoms with E-state index < -0.39 is 0 Å². The van der Waals surface area contributed by atoms with E-state index in [0.717, 1.165) is 35.4 Å². The lowest BCUT2D eigenvalue weighted by atomic mass is 9.96. The van der Waals surface area contributed by atoms with Crippen molar-refractivity contribution in [2.24, 2.45) is 18.7 Å². The van der Waals surface area contributed by atoms with Crippen LogP contribution in [0.1, 0.15) is 54.5 Å². The van der Waals surface area contributed by atoms with Crippen molar-refractivity contribution >= 4 is 23.6 Å². The van der Waals surface area contributed by atoms with E-state index >= 15 is 0 Å². The number of rotatable bonds is 9. The summed E-state index contributed by atoms with van der Waals surface area (Å²) in [5.74, 6) is 0.579. The second kappa shape index (κ2) is 11.5. The van der Waals surface area contributed by atoms with E-state index in [2.05, 4.69) is 29.2 Å². The third-order valence-corrected chi connectivity index (χ3v) is 7.43. The fourth-order valence-corrected chi connectivity index (χ4v) is 5.10. The van der Waals surface area contributed by atoms with Gasteiger partial charge in [-0.05, 0) is 45.1 Å². The number of hydrogen-bond acceptors (Lipinski definition) is 5. The SMILES string of the molecule is Cc1ccc(Cc2c(C)nc(SCCCCC(=O)N3CCC(C(N)=O)CC3)n(C)c2=O)cc1. The number of unbranched alkanes of at least 4 members (excludes halogenated alkanes) is 1. The van der Waals surface area contributed by atoms with Gasteiger partial charge in [0.2, 0.25) is 11.8 Å². The number of carbonyl (C=O) groups excluding carboxylic acids is 2. The van der Waals surface area contributed by atoms with Gasteiger partial charge in [0.15, 0.2) is 5.16 Å². The van der Waals surface area contributed by atoms with Crippen LogP contribution in [0.5, 0.6) is 0 Å². The lowest BCUT2D eigenvalue weighted by Crippen LogP contribution is -2.41. The van der Waals surface area contributed by atoms with Crippen molar-refractivity contribution < 1.29 is 9.59 Å². The van der Waals surface area contributed by atoms with Crippen molar-refractivity contribution in [3.8, 4) is 0 Å². The van der Waals surface area contributed by atoms with E-state index in [1.54, 1.807) is 23.4 Å². The molecule has 1 aromatic carbocycles. The number of aryl methyl sites for hydroxylation is 2. The molecule has 2 amide bonds. The molecule has 1 fully saturated rings. The van der Waals surface area contributed by atoms with Gasteiger partial charge in [-0.1, -0.05) is 41.6 Å². The molecule has 1 saturated heterocycles. The van der Waals surface area contributed by atoms with E-state index in [1.165, 1.54) is 5.56 Å². The van der Waals surface area contributed by atoms with Crippen molar-refractivity contribution in [3.05, 3.63) is 57.0 Å². The zero-order chi connectivity index (χ0) is 24.0. The molecule has 2 heterocycles. The molecule has 1 aliphatic rings. The van der Waals surface area contributed by atoms with Crippen molar-refractivity contribution in [2.75, 3.05) is 18.8 Å². The molecule has 0 saturated carbocycles. The summed E-state index contributed by atoms with van der Waals surface area (Å²) in [7, 11) is 1.77. The molecule has 0 atom stereocenters. The number of nitrogens with two attached hydrogens (primary N) is 1. The minimum atomic E-state index is -0.263. The topological polar surface area (TPSA) is 98.3 Å². The monoisotopic (exact) mass is 470 g/mol. The van der Waals surface area contributed by atoms with Crippen LogP contribution in [0.25, 0.3) is 0 Å². The van der Waals surface area contributed by atoms with Crippen molar-refractivity contribution in [2.45, 2.75) is 57.5 Å². The van der Waals surface area contributed by atoms with Gasteiger partial charge < -0.3 is 10.6 Å². The largest absolute Gasteiger partial charge is 0.369 e. The first-order chi connectivity index (χ1) is 15.8. The highest BCUT2D eigenvalue weighted by Gasteiger charge is 2.25. The summed E-state index contributed by atoms with van der Waals surface area (Å²) in [4.78, 5) is 43.1. The average molecular weight is 471 g/mol. The Morgan fingerprint density at radius 1 is 1.12 bits per heavy atom. The molecule has 33 heavy (non-hydrogen) atoms. The van der Waals surface area contributed by atoms with Gasteiger partial charge in [0.05, 0.1) is 0 Å². The van der Waals surface area contributed by atoms with Gasteiger partial charge in [0.1, 0.15) is 0 Å². The summed E-state index contributed by atoms with van der Waals surface area (Å²) in [6, 6.07) is 8.22. The molecule has 2 aromatic rings. The Morgan fingerprint density at radius 2 is 1.79 bits per heavy atom. The third-order valence-electron chi connectivity index (χ3n) is 6.32. The summed E-state index contributed by atoms with van der Waals surface area (Å²) < 4.78 is 1.63. The summed E-state index contributed by atoms with van der Waals surface area (Å²) in [6.45, 7) is 5.17. The molecule has 0 spiro atoms. The number of amides is 2. The first kappa shape index (κ1) is 25.0. The van der Waals surface area contributed by atoms with Gasteiger partial charge in [0.25, 0.3) is 5.56 Å². The van der Waals surface area contributed by atoms with Gasteiger partial charge in [-0.25, -0.2) is 4.98 Å². The summed E-state index contributed by atoms with van der Waals surface area (Å²) >= 11 is 1.56. The van der Waals surface area contributed by atoms with Gasteiger partial charge in [0, 0.05) is 55.9 Å². The molecule has 1 aromatic heterocycles. The second-order valence-corrected chi connectivity index (χ2v) is 9.91. The van der Waals surface area contributed by atoms with E-state index in [0.29, 0.717) is 43.9 Å². The van der Waals surface area contributed by atoms with Crippen molar-refractivity contribution in [1.82, 2.24) is 14.5 Å². The number of piperidine rings is 1. The van der Waals surface area contributed by atoms with Crippen molar-refractivity contribution in [1.29, 1.82) is 0 Å². The Bertz CT molecular complexity index is 1040. The van der Waals surface area contributed by atoms with E-state index in [9.17, 15) is 14.4 Å². The second-order valence-electron chi connectivity index (χ2n) is 8.85. The minimum absolute atomic E-state index is 0.000108. The quantitative estimate of drug-likeness (QED) is 0.345. The molecule has 0 radical (unpaired) electrons. The minimum Gasteiger partial charge on any atom is -0.369 e. The van der Waals surface area contributed by atoms with E-state index in [4.69, 9.17) is 5.73 Å². The highest BCUT2D eigenvalue weighted by Crippen LogP contribution is 2.20. The van der Waals surface area contributed by atoms with Crippen LogP contribution < -0.4 is 11.3 Å². The smallest absolute Gasteiger partial charge is 0.257 e. The molecule has 2 N–H and O–H groups in total. The molecule has 8 heteroatoms. The lowest BCUT2D eigenvalue weighted by molar-refractivity contribution is -0.134. The number of aromatic nitrogens is 2. The molecule has 7 nitrogen and oxygen atoms in total. The van der Waals surface area contributed by atoms with Crippen LogP contribution >= 0.6 is 11.8 Å². The maximum absolute atomic E-state index is 12.9. The molecule has 0 aliphatic carbocycles. The lowest BCUT2D eigenvalue weighted by Gasteiger charge is -2.30. The number of likely N-dealkylation sites (tertiary alicyclic amines) is 1. The Labute approximate surface area is 199 Å². The Morgan fingerprint density at radius 3 is 2.42 bits per heavy atom. The first-order valence-electron chi connectivity index (χ1n) is 11.6. The molecule has 178 valence electrons. The van der Waals surface area contributed by atoms with E-state index in [1.807, 2.05) is 18.7 Å². The zero-order valence-electron chi connectivity index (χ0n) is 19.8. The van der Waals surface area contributed by atoms with Gasteiger partial charge >= 0.3 is 0 Å². The normalized spacial score (nSPS) is 14.5. The number of thioether (sulfide) groups is 1. The number of carbonyl (C=O) groups is 2. The van der Waals surface area contributed by atoms with Gasteiger partial charge in [-0.2, -0.15) is 0 Å². The Hall–Kier alpha value is -2.61. The Balaban J connectivity index is 1.46. The fourth-order valence-electron chi connectivity index (χ4n) is 4.09. The van der Waals surface area contributed by atoms with Crippen LogP contribution in [-0.4, -0.2) is 45.1 Å². The molecule has 3 rings (SSSR count). The first-order valence-corrected chi connectivity index (χ1v) is 12.6. The van der Waals surface area contributed by atoms with Crippen LogP contribution in [0.4, 0.5) is 0 Å². The van der Waals surface area contributed by atoms with Gasteiger partial charge in [-0.15, -0.1) is 0 Å². The number of benzene rings is 1. The molecular formula is C25H34N4O3S. The molecular weight excluding hydrogens is 436 g/mol. The average Bonchev–Trinajstić information content (AvgIpc) is 2.80. The third kappa shape index (κ3) is 6.69. The predicted molar refractivity (Wildman–Crippen MR) is 131 cm³/mol. The number of hydrogen-bond donors (Lipinski definition) is 1. The van der Waals surface area contributed by atoms with Crippen LogP contribution in [-0.2, 0) is 23.1 Å². The zero-order valence-corrected chi connectivity index (χ0v) is 20.6. The number of nitrogens with zero attached hydrogens (tertiary/aromatic N) is 3. The van der Waals surface area contributed by atoms with Crippen molar-refractivity contribution in [3.63, 3.8) is 0 Å². The highest BCUT2D eigenvalue weighted by atomic mass is 32.2. The fraction of sp³-hybridized carbons (Fsp3) is 0.520. The van der Waals surface area contributed by atoms with Crippen LogP contribution in [0.3, 0.4) is 0 Å². The highest BCUT2D eigenvalue weighted by molar-refractivity contribution is 7.99.